The third-order valence-electron chi connectivity index (χ3n) is 8.77. The number of nitrogens with one attached hydrogen (secondary N) is 2. The van der Waals surface area contributed by atoms with E-state index in [1.165, 1.54) is 45.5 Å². The summed E-state index contributed by atoms with van der Waals surface area (Å²) >= 11 is 0. The van der Waals surface area contributed by atoms with Gasteiger partial charge in [-0.3, -0.25) is 4.79 Å². The SMILES string of the molecule is Cc1cc(C(=O)Nc2cccc(C(NCC3CC3)c3c4ccccc4c(C)c4ccccc34)c2)n(-c2cccc(CN)c2)n1. The Morgan fingerprint density at radius 2 is 1.55 bits per heavy atom. The van der Waals surface area contributed by atoms with Crippen LogP contribution in [0.15, 0.2) is 103 Å². The summed E-state index contributed by atoms with van der Waals surface area (Å²) < 4.78 is 1.69. The van der Waals surface area contributed by atoms with Gasteiger partial charge in [-0.15, -0.1) is 0 Å². The molecule has 220 valence electrons. The van der Waals surface area contributed by atoms with Crippen LogP contribution >= 0.6 is 0 Å². The second-order valence-corrected chi connectivity index (χ2v) is 12.0. The van der Waals surface area contributed by atoms with Crippen LogP contribution in [0.25, 0.3) is 27.2 Å². The Labute approximate surface area is 257 Å². The molecule has 0 saturated heterocycles. The number of rotatable bonds is 9. The summed E-state index contributed by atoms with van der Waals surface area (Å²) in [6.07, 6.45) is 2.54. The van der Waals surface area contributed by atoms with Crippen LogP contribution in [0.5, 0.6) is 0 Å². The molecule has 4 N–H and O–H groups in total. The quantitative estimate of drug-likeness (QED) is 0.154. The van der Waals surface area contributed by atoms with Crippen molar-refractivity contribution in [2.24, 2.45) is 11.7 Å². The van der Waals surface area contributed by atoms with E-state index in [1.54, 1.807) is 4.68 Å². The van der Waals surface area contributed by atoms with Crippen molar-refractivity contribution in [2.75, 3.05) is 11.9 Å². The van der Waals surface area contributed by atoms with Gasteiger partial charge in [-0.05, 0) is 113 Å². The number of fused-ring (bicyclic) bond motifs is 2. The smallest absolute Gasteiger partial charge is 0.274 e. The fraction of sp³-hybridized carbons (Fsp3) is 0.211. The van der Waals surface area contributed by atoms with Gasteiger partial charge in [0.2, 0.25) is 0 Å². The minimum Gasteiger partial charge on any atom is -0.326 e. The fourth-order valence-corrected chi connectivity index (χ4v) is 6.35. The maximum Gasteiger partial charge on any atom is 0.274 e. The van der Waals surface area contributed by atoms with Crippen LogP contribution in [0.4, 0.5) is 5.69 Å². The van der Waals surface area contributed by atoms with Gasteiger partial charge in [0.1, 0.15) is 5.69 Å². The highest BCUT2D eigenvalue weighted by atomic mass is 16.2. The number of hydrogen-bond acceptors (Lipinski definition) is 4. The lowest BCUT2D eigenvalue weighted by Crippen LogP contribution is -2.25. The van der Waals surface area contributed by atoms with E-state index < -0.39 is 0 Å². The summed E-state index contributed by atoms with van der Waals surface area (Å²) in [6.45, 7) is 5.49. The molecule has 1 aliphatic rings. The number of aromatic nitrogens is 2. The molecule has 1 fully saturated rings. The predicted molar refractivity (Wildman–Crippen MR) is 179 cm³/mol. The van der Waals surface area contributed by atoms with Crippen LogP contribution in [0.3, 0.4) is 0 Å². The van der Waals surface area contributed by atoms with Crippen molar-refractivity contribution in [2.45, 2.75) is 39.3 Å². The van der Waals surface area contributed by atoms with E-state index in [4.69, 9.17) is 5.73 Å². The first-order valence-corrected chi connectivity index (χ1v) is 15.4. The molecular formula is C38H37N5O. The number of carbonyl (C=O) groups excluding carboxylic acids is 1. The highest BCUT2D eigenvalue weighted by Gasteiger charge is 2.26. The maximum absolute atomic E-state index is 13.7. The number of nitrogens with zero attached hydrogens (tertiary/aromatic N) is 2. The van der Waals surface area contributed by atoms with E-state index in [9.17, 15) is 4.79 Å². The summed E-state index contributed by atoms with van der Waals surface area (Å²) in [5.41, 5.74) is 13.3. The molecule has 0 bridgehead atoms. The van der Waals surface area contributed by atoms with Crippen molar-refractivity contribution >= 4 is 33.1 Å². The Morgan fingerprint density at radius 1 is 0.864 bits per heavy atom. The Bertz CT molecular complexity index is 1950. The molecule has 44 heavy (non-hydrogen) atoms. The predicted octanol–water partition coefficient (Wildman–Crippen LogP) is 7.60. The zero-order valence-electron chi connectivity index (χ0n) is 25.2. The number of benzene rings is 5. The monoisotopic (exact) mass is 579 g/mol. The number of carbonyl (C=O) groups is 1. The van der Waals surface area contributed by atoms with Gasteiger partial charge < -0.3 is 16.4 Å². The van der Waals surface area contributed by atoms with Crippen molar-refractivity contribution in [3.8, 4) is 5.69 Å². The van der Waals surface area contributed by atoms with E-state index in [0.29, 0.717) is 18.2 Å². The van der Waals surface area contributed by atoms with Crippen molar-refractivity contribution in [1.29, 1.82) is 0 Å². The van der Waals surface area contributed by atoms with Gasteiger partial charge >= 0.3 is 0 Å². The first-order valence-electron chi connectivity index (χ1n) is 15.4. The molecule has 6 heteroatoms. The first-order chi connectivity index (χ1) is 21.5. The van der Waals surface area contributed by atoms with E-state index in [0.717, 1.165) is 34.7 Å². The van der Waals surface area contributed by atoms with Gasteiger partial charge in [0.25, 0.3) is 5.91 Å². The minimum atomic E-state index is -0.213. The van der Waals surface area contributed by atoms with Crippen LogP contribution in [0, 0.1) is 19.8 Å². The Hall–Kier alpha value is -4.78. The molecule has 0 aliphatic heterocycles. The Morgan fingerprint density at radius 3 is 2.23 bits per heavy atom. The van der Waals surface area contributed by atoms with Crippen LogP contribution in [0.2, 0.25) is 0 Å². The Kier molecular flexibility index (Phi) is 7.46. The molecule has 1 aromatic heterocycles. The van der Waals surface area contributed by atoms with E-state index in [-0.39, 0.29) is 11.9 Å². The second-order valence-electron chi connectivity index (χ2n) is 12.0. The van der Waals surface area contributed by atoms with Gasteiger partial charge in [-0.25, -0.2) is 4.68 Å². The molecule has 6 aromatic rings. The number of anilines is 1. The van der Waals surface area contributed by atoms with Crippen molar-refractivity contribution in [1.82, 2.24) is 15.1 Å². The van der Waals surface area contributed by atoms with Gasteiger partial charge in [0.05, 0.1) is 17.4 Å². The number of nitrogens with two attached hydrogens (primary N) is 1. The molecular weight excluding hydrogens is 542 g/mol. The topological polar surface area (TPSA) is 85.0 Å². The van der Waals surface area contributed by atoms with Crippen LogP contribution in [-0.4, -0.2) is 22.2 Å². The molecule has 0 spiro atoms. The van der Waals surface area contributed by atoms with E-state index in [1.807, 2.05) is 49.4 Å². The minimum absolute atomic E-state index is 0.0466. The van der Waals surface area contributed by atoms with Crippen LogP contribution < -0.4 is 16.4 Å². The lowest BCUT2D eigenvalue weighted by molar-refractivity contribution is 0.101. The second kappa shape index (κ2) is 11.7. The molecule has 1 aliphatic carbocycles. The first kappa shape index (κ1) is 28.0. The lowest BCUT2D eigenvalue weighted by atomic mass is 9.86. The summed E-state index contributed by atoms with van der Waals surface area (Å²) in [6, 6.07) is 35.3. The van der Waals surface area contributed by atoms with Gasteiger partial charge in [-0.1, -0.05) is 72.8 Å². The van der Waals surface area contributed by atoms with Crippen molar-refractivity contribution < 1.29 is 4.79 Å². The summed E-state index contributed by atoms with van der Waals surface area (Å²) in [5, 5.41) is 16.8. The summed E-state index contributed by atoms with van der Waals surface area (Å²) in [5.74, 6) is 0.499. The van der Waals surface area contributed by atoms with Crippen molar-refractivity contribution in [3.05, 3.63) is 137 Å². The molecule has 1 amide bonds. The summed E-state index contributed by atoms with van der Waals surface area (Å²) in [7, 11) is 0. The Balaban J connectivity index is 1.28. The van der Waals surface area contributed by atoms with Crippen LogP contribution in [0.1, 0.15) is 57.3 Å². The summed E-state index contributed by atoms with van der Waals surface area (Å²) in [4.78, 5) is 13.7. The van der Waals surface area contributed by atoms with Gasteiger partial charge in [-0.2, -0.15) is 5.10 Å². The molecule has 1 unspecified atom stereocenters. The fourth-order valence-electron chi connectivity index (χ4n) is 6.35. The van der Waals surface area contributed by atoms with Gasteiger partial charge in [0, 0.05) is 12.2 Å². The highest BCUT2D eigenvalue weighted by Crippen LogP contribution is 2.39. The third-order valence-corrected chi connectivity index (χ3v) is 8.77. The van der Waals surface area contributed by atoms with E-state index >= 15 is 0 Å². The molecule has 1 saturated carbocycles. The number of amides is 1. The zero-order valence-corrected chi connectivity index (χ0v) is 25.2. The van der Waals surface area contributed by atoms with E-state index in [2.05, 4.69) is 83.3 Å². The number of hydrogen-bond donors (Lipinski definition) is 3. The third kappa shape index (κ3) is 5.39. The molecule has 7 rings (SSSR count). The molecule has 6 nitrogen and oxygen atoms in total. The molecule has 1 heterocycles. The van der Waals surface area contributed by atoms with Crippen molar-refractivity contribution in [3.63, 3.8) is 0 Å². The van der Waals surface area contributed by atoms with Crippen LogP contribution in [-0.2, 0) is 6.54 Å². The average Bonchev–Trinajstić information content (AvgIpc) is 3.80. The largest absolute Gasteiger partial charge is 0.326 e. The zero-order chi connectivity index (χ0) is 30.2. The maximum atomic E-state index is 13.7. The highest BCUT2D eigenvalue weighted by molar-refractivity contribution is 6.06. The normalized spacial score (nSPS) is 13.8. The average molecular weight is 580 g/mol. The van der Waals surface area contributed by atoms with Gasteiger partial charge in [0.15, 0.2) is 0 Å². The lowest BCUT2D eigenvalue weighted by Gasteiger charge is -2.25. The molecule has 0 radical (unpaired) electrons. The number of aryl methyl sites for hydroxylation is 2. The standard InChI is InChI=1S/C38H37N5O/c1-24-19-35(43(42-24)30-12-7-9-27(20-30)22-39)38(44)41-29-11-8-10-28(21-29)37(40-23-26-17-18-26)36-33-15-5-3-13-31(33)25(2)32-14-4-6-16-34(32)36/h3-16,19-21,26,37,40H,17-18,22-23,39H2,1-2H3,(H,41,44). The molecule has 5 aromatic carbocycles. The molecule has 1 atom stereocenters.